The first-order chi connectivity index (χ1) is 15.5. The van der Waals surface area contributed by atoms with Crippen LogP contribution in [0.25, 0.3) is 0 Å². The zero-order chi connectivity index (χ0) is 22.9. The molecule has 32 heavy (non-hydrogen) atoms. The van der Waals surface area contributed by atoms with Crippen LogP contribution in [0.3, 0.4) is 0 Å². The van der Waals surface area contributed by atoms with Crippen LogP contribution >= 0.6 is 0 Å². The molecule has 6 atom stereocenters. The normalized spacial score (nSPS) is 26.4. The van der Waals surface area contributed by atoms with E-state index in [4.69, 9.17) is 28.4 Å². The molecule has 0 aliphatic carbocycles. The molecule has 0 saturated carbocycles. The van der Waals surface area contributed by atoms with Crippen LogP contribution in [0.15, 0.2) is 60.7 Å². The summed E-state index contributed by atoms with van der Waals surface area (Å²) in [7, 11) is 2.89. The molecule has 1 heterocycles. The van der Waals surface area contributed by atoms with E-state index in [0.29, 0.717) is 13.2 Å². The summed E-state index contributed by atoms with van der Waals surface area (Å²) in [6.45, 7) is 4.25. The van der Waals surface area contributed by atoms with Crippen LogP contribution in [0, 0.1) is 0 Å². The van der Waals surface area contributed by atoms with Crippen molar-refractivity contribution in [2.24, 2.45) is 0 Å². The van der Waals surface area contributed by atoms with Crippen molar-refractivity contribution >= 4 is 5.97 Å². The Morgan fingerprint density at radius 2 is 1.41 bits per heavy atom. The van der Waals surface area contributed by atoms with Crippen molar-refractivity contribution in [3.05, 3.63) is 71.8 Å². The van der Waals surface area contributed by atoms with Crippen molar-refractivity contribution in [1.82, 2.24) is 0 Å². The minimum atomic E-state index is -0.807. The molecular weight excluding hydrogens is 412 g/mol. The van der Waals surface area contributed by atoms with Gasteiger partial charge in [0.05, 0.1) is 26.4 Å². The second kappa shape index (κ2) is 12.1. The van der Waals surface area contributed by atoms with Gasteiger partial charge < -0.3 is 28.4 Å². The molecule has 2 aromatic carbocycles. The van der Waals surface area contributed by atoms with E-state index in [0.717, 1.165) is 11.1 Å². The third kappa shape index (κ3) is 6.37. The zero-order valence-corrected chi connectivity index (χ0v) is 19.0. The van der Waals surface area contributed by atoms with Gasteiger partial charge in [0.2, 0.25) is 0 Å². The number of carbonyl (C=O) groups excluding carboxylic acids is 1. The minimum absolute atomic E-state index is 0.334. The van der Waals surface area contributed by atoms with Gasteiger partial charge in [-0.3, -0.25) is 0 Å². The van der Waals surface area contributed by atoms with Crippen molar-refractivity contribution in [1.29, 1.82) is 0 Å². The van der Waals surface area contributed by atoms with E-state index in [9.17, 15) is 4.79 Å². The van der Waals surface area contributed by atoms with Crippen molar-refractivity contribution in [3.63, 3.8) is 0 Å². The molecule has 1 fully saturated rings. The Balaban J connectivity index is 1.81. The average Bonchev–Trinajstić information content (AvgIpc) is 2.83. The highest BCUT2D eigenvalue weighted by molar-refractivity contribution is 5.74. The number of ether oxygens (including phenoxy) is 6. The lowest BCUT2D eigenvalue weighted by Crippen LogP contribution is -2.60. The molecule has 2 aromatic rings. The maximum absolute atomic E-state index is 12.1. The average molecular weight is 445 g/mol. The fraction of sp³-hybridized carbons (Fsp3) is 0.480. The highest BCUT2D eigenvalue weighted by atomic mass is 16.7. The quantitative estimate of drug-likeness (QED) is 0.520. The lowest BCUT2D eigenvalue weighted by molar-refractivity contribution is -0.317. The second-order valence-corrected chi connectivity index (χ2v) is 7.73. The molecule has 1 aliphatic heterocycles. The topological polar surface area (TPSA) is 72.5 Å². The van der Waals surface area contributed by atoms with E-state index < -0.39 is 36.7 Å². The number of methoxy groups -OCH3 is 2. The molecule has 0 unspecified atom stereocenters. The van der Waals surface area contributed by atoms with E-state index >= 15 is 0 Å². The van der Waals surface area contributed by atoms with Gasteiger partial charge >= 0.3 is 5.97 Å². The predicted octanol–water partition coefficient (Wildman–Crippen LogP) is 3.50. The fourth-order valence-electron chi connectivity index (χ4n) is 3.71. The summed E-state index contributed by atoms with van der Waals surface area (Å²) < 4.78 is 35.1. The van der Waals surface area contributed by atoms with Crippen LogP contribution in [-0.4, -0.2) is 57.0 Å². The molecule has 0 spiro atoms. The molecule has 3 rings (SSSR count). The van der Waals surface area contributed by atoms with Gasteiger partial charge in [0.25, 0.3) is 0 Å². The van der Waals surface area contributed by atoms with Crippen molar-refractivity contribution in [2.75, 3.05) is 14.2 Å². The molecule has 7 nitrogen and oxygen atoms in total. The van der Waals surface area contributed by atoms with Crippen molar-refractivity contribution in [2.45, 2.75) is 63.9 Å². The standard InChI is InChI=1S/C25H32O7/c1-17-21(29-15-19-11-7-5-8-12-19)22(31-18(2)24(26)27-3)23(25(28-4)32-17)30-16-20-13-9-6-10-14-20/h5-14,17-18,21-23,25H,15-16H2,1-4H3/t17-,18-,21-,22+,23+,25+/m0/s1. The van der Waals surface area contributed by atoms with Crippen LogP contribution in [0.1, 0.15) is 25.0 Å². The van der Waals surface area contributed by atoms with Crippen LogP contribution in [0.5, 0.6) is 0 Å². The van der Waals surface area contributed by atoms with Crippen LogP contribution in [-0.2, 0) is 46.4 Å². The Labute approximate surface area is 189 Å². The number of hydrogen-bond donors (Lipinski definition) is 0. The third-order valence-corrected chi connectivity index (χ3v) is 5.42. The lowest BCUT2D eigenvalue weighted by atomic mass is 9.98. The van der Waals surface area contributed by atoms with Gasteiger partial charge in [-0.1, -0.05) is 60.7 Å². The Morgan fingerprint density at radius 1 is 0.875 bits per heavy atom. The summed E-state index contributed by atoms with van der Waals surface area (Å²) >= 11 is 0. The van der Waals surface area contributed by atoms with Gasteiger partial charge in [0.15, 0.2) is 12.4 Å². The minimum Gasteiger partial charge on any atom is -0.467 e. The SMILES string of the molecule is COC(=O)[C@H](C)O[C@@H]1[C@@H](OCc2ccccc2)[C@H](C)O[C@@H](OC)[C@@H]1OCc1ccccc1. The second-order valence-electron chi connectivity index (χ2n) is 7.73. The smallest absolute Gasteiger partial charge is 0.334 e. The number of carbonyl (C=O) groups is 1. The Kier molecular flexibility index (Phi) is 9.20. The first kappa shape index (κ1) is 24.4. The van der Waals surface area contributed by atoms with Crippen molar-refractivity contribution < 1.29 is 33.2 Å². The first-order valence-electron chi connectivity index (χ1n) is 10.8. The van der Waals surface area contributed by atoms with Crippen LogP contribution in [0.2, 0.25) is 0 Å². The molecule has 0 aromatic heterocycles. The maximum Gasteiger partial charge on any atom is 0.334 e. The van der Waals surface area contributed by atoms with Crippen molar-refractivity contribution in [3.8, 4) is 0 Å². The van der Waals surface area contributed by atoms with E-state index in [1.165, 1.54) is 7.11 Å². The number of esters is 1. The molecule has 1 saturated heterocycles. The molecule has 0 radical (unpaired) electrons. The van der Waals surface area contributed by atoms with Gasteiger partial charge in [-0.25, -0.2) is 4.79 Å². The molecule has 0 N–H and O–H groups in total. The number of rotatable bonds is 10. The molecule has 0 bridgehead atoms. The summed E-state index contributed by atoms with van der Waals surface area (Å²) in [6, 6.07) is 19.6. The largest absolute Gasteiger partial charge is 0.467 e. The predicted molar refractivity (Wildman–Crippen MR) is 118 cm³/mol. The fourth-order valence-corrected chi connectivity index (χ4v) is 3.71. The molecule has 1 aliphatic rings. The van der Waals surface area contributed by atoms with Crippen LogP contribution in [0.4, 0.5) is 0 Å². The summed E-state index contributed by atoms with van der Waals surface area (Å²) in [4.78, 5) is 12.1. The molecule has 0 amide bonds. The third-order valence-electron chi connectivity index (χ3n) is 5.42. The van der Waals surface area contributed by atoms with Gasteiger partial charge in [-0.2, -0.15) is 0 Å². The Hall–Kier alpha value is -2.29. The van der Waals surface area contributed by atoms with Crippen LogP contribution < -0.4 is 0 Å². The Morgan fingerprint density at radius 3 is 1.91 bits per heavy atom. The summed E-state index contributed by atoms with van der Waals surface area (Å²) in [5, 5.41) is 0. The first-order valence-corrected chi connectivity index (χ1v) is 10.8. The van der Waals surface area contributed by atoms with E-state index in [2.05, 4.69) is 0 Å². The van der Waals surface area contributed by atoms with Gasteiger partial charge in [0.1, 0.15) is 18.3 Å². The molecular formula is C25H32O7. The summed E-state index contributed by atoms with van der Waals surface area (Å²) in [6.07, 6.45) is -3.57. The zero-order valence-electron chi connectivity index (χ0n) is 19.0. The lowest BCUT2D eigenvalue weighted by Gasteiger charge is -2.45. The Bertz CT molecular complexity index is 814. The maximum atomic E-state index is 12.1. The summed E-state index contributed by atoms with van der Waals surface area (Å²) in [5.41, 5.74) is 2.03. The van der Waals surface area contributed by atoms with E-state index in [-0.39, 0.29) is 6.10 Å². The van der Waals surface area contributed by atoms with Gasteiger partial charge in [-0.05, 0) is 25.0 Å². The molecule has 174 valence electrons. The number of benzene rings is 2. The summed E-state index contributed by atoms with van der Waals surface area (Å²) in [5.74, 6) is -0.471. The number of hydrogen-bond acceptors (Lipinski definition) is 7. The van der Waals surface area contributed by atoms with Gasteiger partial charge in [-0.15, -0.1) is 0 Å². The highest BCUT2D eigenvalue weighted by Gasteiger charge is 2.48. The molecule has 7 heteroatoms. The monoisotopic (exact) mass is 444 g/mol. The highest BCUT2D eigenvalue weighted by Crippen LogP contribution is 2.30. The van der Waals surface area contributed by atoms with E-state index in [1.807, 2.05) is 67.6 Å². The van der Waals surface area contributed by atoms with E-state index in [1.54, 1.807) is 14.0 Å². The van der Waals surface area contributed by atoms with Gasteiger partial charge in [0, 0.05) is 7.11 Å².